The van der Waals surface area contributed by atoms with E-state index in [1.165, 1.54) is 22.4 Å². The summed E-state index contributed by atoms with van der Waals surface area (Å²) in [5, 5.41) is 14.4. The zero-order valence-corrected chi connectivity index (χ0v) is 11.9. The largest absolute Gasteiger partial charge is 0.212 e. The van der Waals surface area contributed by atoms with Gasteiger partial charge in [0.25, 0.3) is 0 Å². The number of hydrogen-bond donors (Lipinski definition) is 0. The molecule has 0 N–H and O–H groups in total. The monoisotopic (exact) mass is 270 g/mol. The summed E-state index contributed by atoms with van der Waals surface area (Å²) in [5.41, 5.74) is 5.18. The Kier molecular flexibility index (Phi) is 2.18. The molecule has 0 bridgehead atoms. The summed E-state index contributed by atoms with van der Waals surface area (Å²) in [6.45, 7) is 6.36. The van der Waals surface area contributed by atoms with Gasteiger partial charge in [0.2, 0.25) is 5.16 Å². The smallest absolute Gasteiger partial charge is 0.191 e. The van der Waals surface area contributed by atoms with Crippen molar-refractivity contribution in [1.29, 1.82) is 0 Å². The third-order valence-electron chi connectivity index (χ3n) is 3.91. The molecule has 0 radical (unpaired) electrons. The Morgan fingerprint density at radius 2 is 2.05 bits per heavy atom. The Morgan fingerprint density at radius 1 is 1.21 bits per heavy atom. The van der Waals surface area contributed by atoms with Crippen LogP contribution in [0, 0.1) is 13.8 Å². The van der Waals surface area contributed by atoms with Crippen molar-refractivity contribution in [2.24, 2.45) is 5.10 Å². The minimum Gasteiger partial charge on any atom is -0.191 e. The van der Waals surface area contributed by atoms with Gasteiger partial charge in [-0.2, -0.15) is 9.78 Å². The molecule has 19 heavy (non-hydrogen) atoms. The number of fused-ring (bicyclic) bond motifs is 4. The molecule has 2 unspecified atom stereocenters. The summed E-state index contributed by atoms with van der Waals surface area (Å²) in [6.07, 6.45) is 0. The van der Waals surface area contributed by atoms with Crippen LogP contribution in [0.5, 0.6) is 0 Å². The van der Waals surface area contributed by atoms with Crippen LogP contribution in [0.3, 0.4) is 0 Å². The van der Waals surface area contributed by atoms with E-state index in [0.29, 0.717) is 11.2 Å². The number of thioether (sulfide) groups is 1. The van der Waals surface area contributed by atoms with Crippen LogP contribution in [0.1, 0.15) is 35.4 Å². The van der Waals surface area contributed by atoms with Crippen LogP contribution in [0.4, 0.5) is 0 Å². The summed E-state index contributed by atoms with van der Waals surface area (Å²) in [5.74, 6) is 1.33. The van der Waals surface area contributed by atoms with Crippen LogP contribution in [-0.4, -0.2) is 25.8 Å². The van der Waals surface area contributed by atoms with Crippen molar-refractivity contribution in [3.8, 4) is 0 Å². The topological polar surface area (TPSA) is 43.1 Å². The molecule has 96 valence electrons. The Morgan fingerprint density at radius 3 is 2.89 bits per heavy atom. The summed E-state index contributed by atoms with van der Waals surface area (Å²) in [7, 11) is 0. The van der Waals surface area contributed by atoms with Gasteiger partial charge < -0.3 is 0 Å². The molecular formula is C14H14N4S. The summed E-state index contributed by atoms with van der Waals surface area (Å²) in [6, 6.07) is 6.65. The standard InChI is InChI=1S/C14H14N4S/c1-7-4-5-10-11(6-7)8(2)13-12(10)17-18-9(3)15-16-14(18)19-13/h4-6,8,13H,1-3H3. The molecule has 1 aromatic carbocycles. The van der Waals surface area contributed by atoms with Crippen LogP contribution >= 0.6 is 11.8 Å². The fourth-order valence-electron chi connectivity index (χ4n) is 2.86. The number of benzene rings is 1. The highest BCUT2D eigenvalue weighted by Crippen LogP contribution is 2.45. The van der Waals surface area contributed by atoms with Crippen molar-refractivity contribution in [2.45, 2.75) is 37.1 Å². The first-order valence-electron chi connectivity index (χ1n) is 6.43. The average molecular weight is 270 g/mol. The molecule has 2 aliphatic rings. The van der Waals surface area contributed by atoms with Crippen LogP contribution < -0.4 is 0 Å². The highest BCUT2D eigenvalue weighted by atomic mass is 32.2. The van der Waals surface area contributed by atoms with Gasteiger partial charge in [0.1, 0.15) is 0 Å². The fraction of sp³-hybridized carbons (Fsp3) is 0.357. The highest BCUT2D eigenvalue weighted by molar-refractivity contribution is 8.00. The normalized spacial score (nSPS) is 23.6. The van der Waals surface area contributed by atoms with E-state index in [9.17, 15) is 0 Å². The third kappa shape index (κ3) is 1.45. The van der Waals surface area contributed by atoms with Crippen molar-refractivity contribution >= 4 is 17.5 Å². The molecule has 1 aliphatic heterocycles. The molecular weight excluding hydrogens is 256 g/mol. The number of hydrogen-bond acceptors (Lipinski definition) is 4. The van der Waals surface area contributed by atoms with Gasteiger partial charge in [-0.25, -0.2) is 0 Å². The molecule has 4 rings (SSSR count). The molecule has 2 heterocycles. The van der Waals surface area contributed by atoms with Gasteiger partial charge >= 0.3 is 0 Å². The maximum absolute atomic E-state index is 4.78. The van der Waals surface area contributed by atoms with Crippen LogP contribution in [0.2, 0.25) is 0 Å². The van der Waals surface area contributed by atoms with Crippen molar-refractivity contribution in [1.82, 2.24) is 14.9 Å². The van der Waals surface area contributed by atoms with Crippen LogP contribution in [0.25, 0.3) is 0 Å². The van der Waals surface area contributed by atoms with Crippen molar-refractivity contribution in [3.05, 3.63) is 40.7 Å². The Bertz CT molecular complexity index is 716. The Labute approximate surface area is 115 Å². The predicted molar refractivity (Wildman–Crippen MR) is 75.9 cm³/mol. The quantitative estimate of drug-likeness (QED) is 0.739. The molecule has 5 heteroatoms. The fourth-order valence-corrected chi connectivity index (χ4v) is 4.09. The van der Waals surface area contributed by atoms with Crippen LogP contribution in [-0.2, 0) is 0 Å². The molecule has 1 aliphatic carbocycles. The van der Waals surface area contributed by atoms with Gasteiger partial charge in [0, 0.05) is 5.56 Å². The lowest BCUT2D eigenvalue weighted by molar-refractivity contribution is 0.715. The Hall–Kier alpha value is -1.62. The van der Waals surface area contributed by atoms with E-state index < -0.39 is 0 Å². The van der Waals surface area contributed by atoms with Crippen molar-refractivity contribution in [2.75, 3.05) is 0 Å². The molecule has 0 saturated heterocycles. The third-order valence-corrected chi connectivity index (χ3v) is 5.26. The summed E-state index contributed by atoms with van der Waals surface area (Å²) in [4.78, 5) is 0. The SMILES string of the molecule is Cc1ccc2c(c1)C(C)C1Sc3nnc(C)n3N=C21. The lowest BCUT2D eigenvalue weighted by atomic mass is 10.0. The maximum Gasteiger partial charge on any atom is 0.212 e. The van der Waals surface area contributed by atoms with E-state index in [1.807, 2.05) is 11.6 Å². The average Bonchev–Trinajstić information content (AvgIpc) is 2.89. The van der Waals surface area contributed by atoms with Gasteiger partial charge in [0.15, 0.2) is 5.82 Å². The van der Waals surface area contributed by atoms with Crippen LogP contribution in [0.15, 0.2) is 28.5 Å². The van der Waals surface area contributed by atoms with Gasteiger partial charge in [-0.15, -0.1) is 10.2 Å². The summed E-state index contributed by atoms with van der Waals surface area (Å²) < 4.78 is 1.86. The predicted octanol–water partition coefficient (Wildman–Crippen LogP) is 2.74. The van der Waals surface area contributed by atoms with Gasteiger partial charge in [-0.3, -0.25) is 0 Å². The van der Waals surface area contributed by atoms with E-state index in [0.717, 1.165) is 11.0 Å². The number of rotatable bonds is 0. The molecule has 2 atom stereocenters. The molecule has 0 fully saturated rings. The second-order valence-corrected chi connectivity index (χ2v) is 6.35. The highest BCUT2D eigenvalue weighted by Gasteiger charge is 2.39. The molecule has 2 aromatic rings. The molecule has 1 aromatic heterocycles. The molecule has 0 saturated carbocycles. The molecule has 0 spiro atoms. The first-order chi connectivity index (χ1) is 9.15. The minimum absolute atomic E-state index is 0.368. The zero-order valence-electron chi connectivity index (χ0n) is 11.1. The maximum atomic E-state index is 4.78. The number of aromatic nitrogens is 3. The lowest BCUT2D eigenvalue weighted by Gasteiger charge is -2.19. The number of aryl methyl sites for hydroxylation is 2. The molecule has 4 nitrogen and oxygen atoms in total. The van der Waals surface area contributed by atoms with Gasteiger partial charge in [0.05, 0.1) is 11.0 Å². The van der Waals surface area contributed by atoms with E-state index in [1.54, 1.807) is 11.8 Å². The van der Waals surface area contributed by atoms with E-state index in [4.69, 9.17) is 5.10 Å². The number of nitrogens with zero attached hydrogens (tertiary/aromatic N) is 4. The van der Waals surface area contributed by atoms with Gasteiger partial charge in [-0.1, -0.05) is 42.4 Å². The minimum atomic E-state index is 0.368. The zero-order chi connectivity index (χ0) is 13.1. The van der Waals surface area contributed by atoms with E-state index in [-0.39, 0.29) is 0 Å². The lowest BCUT2D eigenvalue weighted by Crippen LogP contribution is -2.22. The first-order valence-corrected chi connectivity index (χ1v) is 7.31. The van der Waals surface area contributed by atoms with E-state index in [2.05, 4.69) is 42.2 Å². The van der Waals surface area contributed by atoms with Crippen molar-refractivity contribution in [3.63, 3.8) is 0 Å². The second-order valence-electron chi connectivity index (χ2n) is 5.24. The summed E-state index contributed by atoms with van der Waals surface area (Å²) >= 11 is 1.78. The van der Waals surface area contributed by atoms with Crippen molar-refractivity contribution < 1.29 is 0 Å². The van der Waals surface area contributed by atoms with E-state index >= 15 is 0 Å². The second kappa shape index (κ2) is 3.70. The Balaban J connectivity index is 1.94. The first kappa shape index (κ1) is 11.2. The molecule has 0 amide bonds. The van der Waals surface area contributed by atoms with Gasteiger partial charge in [-0.05, 0) is 25.3 Å².